The summed E-state index contributed by atoms with van der Waals surface area (Å²) in [5, 5.41) is 15.2. The number of aliphatic hydroxyl groups excluding tert-OH is 1. The maximum absolute atomic E-state index is 10.2. The molecule has 3 heteroatoms. The fraction of sp³-hybridized carbons (Fsp3) is 0.556. The highest BCUT2D eigenvalue weighted by atomic mass is 16.3. The van der Waals surface area contributed by atoms with Crippen molar-refractivity contribution in [3.63, 3.8) is 0 Å². The molecule has 21 heavy (non-hydrogen) atoms. The van der Waals surface area contributed by atoms with Crippen molar-refractivity contribution in [3.8, 4) is 0 Å². The highest BCUT2D eigenvalue weighted by Gasteiger charge is 2.21. The van der Waals surface area contributed by atoms with Gasteiger partial charge < -0.3 is 15.0 Å². The average molecular weight is 286 g/mol. The third kappa shape index (κ3) is 2.85. The van der Waals surface area contributed by atoms with E-state index in [9.17, 15) is 5.11 Å². The molecule has 0 amide bonds. The van der Waals surface area contributed by atoms with Crippen LogP contribution in [-0.4, -0.2) is 21.8 Å². The summed E-state index contributed by atoms with van der Waals surface area (Å²) < 4.78 is 2.28. The second-order valence-corrected chi connectivity index (χ2v) is 6.34. The van der Waals surface area contributed by atoms with Crippen LogP contribution >= 0.6 is 0 Å². The molecule has 3 nitrogen and oxygen atoms in total. The molecule has 0 bridgehead atoms. The van der Waals surface area contributed by atoms with Gasteiger partial charge in [-0.2, -0.15) is 0 Å². The Morgan fingerprint density at radius 1 is 1.19 bits per heavy atom. The molecule has 1 aromatic carbocycles. The molecular weight excluding hydrogens is 260 g/mol. The molecule has 2 atom stereocenters. The average Bonchev–Trinajstić information content (AvgIpc) is 2.65. The molecule has 1 aromatic heterocycles. The summed E-state index contributed by atoms with van der Waals surface area (Å²) in [6.45, 7) is 3.03. The largest absolute Gasteiger partial charge is 0.392 e. The maximum Gasteiger partial charge on any atom is 0.0693 e. The number of fused-ring (bicyclic) bond motifs is 1. The smallest absolute Gasteiger partial charge is 0.0693 e. The molecule has 0 radical (unpaired) electrons. The van der Waals surface area contributed by atoms with Gasteiger partial charge in [0.05, 0.1) is 6.10 Å². The molecule has 2 N–H and O–H groups in total. The Labute approximate surface area is 127 Å². The molecule has 0 aliphatic heterocycles. The Morgan fingerprint density at radius 3 is 2.76 bits per heavy atom. The summed E-state index contributed by atoms with van der Waals surface area (Å²) in [6.07, 6.45) is 5.47. The fourth-order valence-electron chi connectivity index (χ4n) is 3.64. The zero-order valence-electron chi connectivity index (χ0n) is 13.1. The number of rotatable bonds is 3. The number of aliphatic hydroxyl groups is 1. The van der Waals surface area contributed by atoms with E-state index in [-0.39, 0.29) is 12.1 Å². The number of hydrogen-bond donors (Lipinski definition) is 2. The van der Waals surface area contributed by atoms with Gasteiger partial charge in [-0.3, -0.25) is 0 Å². The van der Waals surface area contributed by atoms with Crippen LogP contribution in [0.25, 0.3) is 10.9 Å². The van der Waals surface area contributed by atoms with Gasteiger partial charge in [-0.15, -0.1) is 0 Å². The van der Waals surface area contributed by atoms with Gasteiger partial charge in [0, 0.05) is 36.2 Å². The molecule has 1 aliphatic rings. The van der Waals surface area contributed by atoms with E-state index in [0.29, 0.717) is 0 Å². The predicted molar refractivity (Wildman–Crippen MR) is 87.4 cm³/mol. The fourth-order valence-corrected chi connectivity index (χ4v) is 3.64. The Kier molecular flexibility index (Phi) is 4.32. The van der Waals surface area contributed by atoms with Crippen molar-refractivity contribution in [1.29, 1.82) is 0 Å². The van der Waals surface area contributed by atoms with E-state index >= 15 is 0 Å². The van der Waals surface area contributed by atoms with Gasteiger partial charge in [0.2, 0.25) is 0 Å². The quantitative estimate of drug-likeness (QED) is 0.850. The minimum atomic E-state index is -0.192. The SMILES string of the molecule is Cc1c(CNC2CCCCCC2O)n(C)c2ccccc12. The van der Waals surface area contributed by atoms with Gasteiger partial charge in [0.15, 0.2) is 0 Å². The zero-order chi connectivity index (χ0) is 14.8. The third-order valence-electron chi connectivity index (χ3n) is 5.02. The first-order chi connectivity index (χ1) is 10.2. The molecule has 1 fully saturated rings. The lowest BCUT2D eigenvalue weighted by Gasteiger charge is -2.22. The highest BCUT2D eigenvalue weighted by Crippen LogP contribution is 2.25. The summed E-state index contributed by atoms with van der Waals surface area (Å²) in [6, 6.07) is 8.79. The van der Waals surface area contributed by atoms with Crippen LogP contribution in [0.3, 0.4) is 0 Å². The van der Waals surface area contributed by atoms with Crippen molar-refractivity contribution < 1.29 is 5.11 Å². The van der Waals surface area contributed by atoms with Crippen LogP contribution in [0.2, 0.25) is 0 Å². The lowest BCUT2D eigenvalue weighted by atomic mass is 10.1. The minimum Gasteiger partial charge on any atom is -0.392 e. The monoisotopic (exact) mass is 286 g/mol. The number of hydrogen-bond acceptors (Lipinski definition) is 2. The van der Waals surface area contributed by atoms with Gasteiger partial charge in [0.25, 0.3) is 0 Å². The number of para-hydroxylation sites is 1. The molecule has 1 heterocycles. The normalized spacial score (nSPS) is 23.4. The van der Waals surface area contributed by atoms with E-state index in [1.807, 2.05) is 0 Å². The third-order valence-corrected chi connectivity index (χ3v) is 5.02. The Bertz CT molecular complexity index is 578. The highest BCUT2D eigenvalue weighted by molar-refractivity contribution is 5.85. The number of aryl methyl sites for hydroxylation is 2. The molecule has 0 spiro atoms. The van der Waals surface area contributed by atoms with Gasteiger partial charge >= 0.3 is 0 Å². The first kappa shape index (κ1) is 14.6. The molecule has 1 saturated carbocycles. The van der Waals surface area contributed by atoms with Crippen molar-refractivity contribution in [2.75, 3.05) is 0 Å². The topological polar surface area (TPSA) is 37.2 Å². The zero-order valence-corrected chi connectivity index (χ0v) is 13.1. The number of aromatic nitrogens is 1. The molecule has 2 aromatic rings. The first-order valence-corrected chi connectivity index (χ1v) is 8.13. The maximum atomic E-state index is 10.2. The second kappa shape index (κ2) is 6.20. The van der Waals surface area contributed by atoms with E-state index in [2.05, 4.69) is 48.1 Å². The van der Waals surface area contributed by atoms with Crippen molar-refractivity contribution in [2.24, 2.45) is 7.05 Å². The summed E-state index contributed by atoms with van der Waals surface area (Å²) in [5.74, 6) is 0. The van der Waals surface area contributed by atoms with E-state index in [0.717, 1.165) is 25.8 Å². The van der Waals surface area contributed by atoms with E-state index in [1.54, 1.807) is 0 Å². The van der Waals surface area contributed by atoms with Crippen LogP contribution in [0.15, 0.2) is 24.3 Å². The van der Waals surface area contributed by atoms with Crippen molar-refractivity contribution in [2.45, 2.75) is 57.7 Å². The summed E-state index contributed by atoms with van der Waals surface area (Å²) in [4.78, 5) is 0. The van der Waals surface area contributed by atoms with Crippen LogP contribution in [-0.2, 0) is 13.6 Å². The van der Waals surface area contributed by atoms with Crippen molar-refractivity contribution >= 4 is 10.9 Å². The lowest BCUT2D eigenvalue weighted by molar-refractivity contribution is 0.119. The van der Waals surface area contributed by atoms with E-state index < -0.39 is 0 Å². The number of nitrogens with one attached hydrogen (secondary N) is 1. The van der Waals surface area contributed by atoms with Gasteiger partial charge in [-0.1, -0.05) is 37.5 Å². The van der Waals surface area contributed by atoms with Gasteiger partial charge in [-0.05, 0) is 31.4 Å². The van der Waals surface area contributed by atoms with Crippen molar-refractivity contribution in [1.82, 2.24) is 9.88 Å². The Hall–Kier alpha value is -1.32. The summed E-state index contributed by atoms with van der Waals surface area (Å²) >= 11 is 0. The molecule has 0 saturated heterocycles. The lowest BCUT2D eigenvalue weighted by Crippen LogP contribution is -2.39. The second-order valence-electron chi connectivity index (χ2n) is 6.34. The van der Waals surface area contributed by atoms with Gasteiger partial charge in [-0.25, -0.2) is 0 Å². The van der Waals surface area contributed by atoms with Crippen molar-refractivity contribution in [3.05, 3.63) is 35.5 Å². The minimum absolute atomic E-state index is 0.192. The van der Waals surface area contributed by atoms with E-state index in [1.165, 1.54) is 35.0 Å². The van der Waals surface area contributed by atoms with Crippen LogP contribution in [0.4, 0.5) is 0 Å². The standard InChI is InChI=1S/C18H26N2O/c1-13-14-8-6-7-10-16(14)20(2)17(13)12-19-15-9-4-3-5-11-18(15)21/h6-8,10,15,18-19,21H,3-5,9,11-12H2,1-2H3. The van der Waals surface area contributed by atoms with Crippen LogP contribution < -0.4 is 5.32 Å². The Balaban J connectivity index is 1.78. The summed E-state index contributed by atoms with van der Waals surface area (Å²) in [5.41, 5.74) is 3.96. The summed E-state index contributed by atoms with van der Waals surface area (Å²) in [7, 11) is 2.13. The molecule has 3 rings (SSSR count). The first-order valence-electron chi connectivity index (χ1n) is 8.13. The van der Waals surface area contributed by atoms with Crippen LogP contribution in [0.5, 0.6) is 0 Å². The molecule has 114 valence electrons. The Morgan fingerprint density at radius 2 is 1.95 bits per heavy atom. The molecule has 1 aliphatic carbocycles. The molecular formula is C18H26N2O. The van der Waals surface area contributed by atoms with Gasteiger partial charge in [0.1, 0.15) is 0 Å². The van der Waals surface area contributed by atoms with E-state index in [4.69, 9.17) is 0 Å². The predicted octanol–water partition coefficient (Wildman–Crippen LogP) is 3.27. The number of benzene rings is 1. The number of nitrogens with zero attached hydrogens (tertiary/aromatic N) is 1. The van der Waals surface area contributed by atoms with Crippen LogP contribution in [0, 0.1) is 6.92 Å². The molecule has 2 unspecified atom stereocenters. The van der Waals surface area contributed by atoms with Crippen LogP contribution in [0.1, 0.15) is 43.4 Å².